The van der Waals surface area contributed by atoms with E-state index in [1.165, 1.54) is 7.11 Å². The second-order valence-corrected chi connectivity index (χ2v) is 5.33. The number of methoxy groups -OCH3 is 1. The quantitative estimate of drug-likeness (QED) is 0.635. The van der Waals surface area contributed by atoms with Crippen molar-refractivity contribution in [1.82, 2.24) is 4.98 Å². The van der Waals surface area contributed by atoms with Crippen molar-refractivity contribution >= 4 is 17.7 Å². The molecule has 0 aliphatic heterocycles. The Bertz CT molecular complexity index is 395. The lowest BCUT2D eigenvalue weighted by Gasteiger charge is -2.25. The van der Waals surface area contributed by atoms with Crippen molar-refractivity contribution in [1.29, 1.82) is 0 Å². The fourth-order valence-electron chi connectivity index (χ4n) is 1.77. The van der Waals surface area contributed by atoms with Gasteiger partial charge in [-0.3, -0.25) is 9.78 Å². The lowest BCUT2D eigenvalue weighted by molar-refractivity contribution is -0.146. The number of nitrogens with two attached hydrogens (primary N) is 1. The number of nitrogens with zero attached hydrogens (tertiary/aromatic N) is 1. The number of aromatic nitrogens is 1. The molecule has 1 aliphatic carbocycles. The molecule has 1 aromatic rings. The summed E-state index contributed by atoms with van der Waals surface area (Å²) in [5.41, 5.74) is 5.35. The molecule has 1 atom stereocenters. The van der Waals surface area contributed by atoms with Gasteiger partial charge in [0, 0.05) is 23.0 Å². The van der Waals surface area contributed by atoms with Crippen LogP contribution >= 0.6 is 11.8 Å². The Morgan fingerprint density at radius 2 is 2.24 bits per heavy atom. The van der Waals surface area contributed by atoms with Crippen LogP contribution in [0.3, 0.4) is 0 Å². The van der Waals surface area contributed by atoms with E-state index in [9.17, 15) is 4.79 Å². The molecule has 92 valence electrons. The number of carbonyl (C=O) groups is 1. The lowest BCUT2D eigenvalue weighted by atomic mass is 9.97. The monoisotopic (exact) mass is 252 g/mol. The van der Waals surface area contributed by atoms with E-state index in [1.807, 2.05) is 12.1 Å². The van der Waals surface area contributed by atoms with Crippen LogP contribution in [0.5, 0.6) is 0 Å². The molecule has 1 saturated carbocycles. The molecular weight excluding hydrogens is 236 g/mol. The van der Waals surface area contributed by atoms with Gasteiger partial charge in [0.2, 0.25) is 0 Å². The molecule has 1 fully saturated rings. The number of pyridine rings is 1. The van der Waals surface area contributed by atoms with E-state index in [4.69, 9.17) is 10.5 Å². The van der Waals surface area contributed by atoms with Crippen molar-refractivity contribution in [3.05, 3.63) is 24.5 Å². The van der Waals surface area contributed by atoms with Gasteiger partial charge in [0.05, 0.1) is 7.11 Å². The molecular formula is C12H16N2O2S. The fraction of sp³-hybridized carbons (Fsp3) is 0.500. The summed E-state index contributed by atoms with van der Waals surface area (Å²) < 4.78 is 4.82. The van der Waals surface area contributed by atoms with Crippen molar-refractivity contribution in [2.24, 2.45) is 11.7 Å². The number of thioether (sulfide) groups is 1. The maximum Gasteiger partial charge on any atom is 0.327 e. The van der Waals surface area contributed by atoms with E-state index in [0.29, 0.717) is 5.75 Å². The molecule has 1 aromatic heterocycles. The first-order valence-electron chi connectivity index (χ1n) is 5.57. The Balaban J connectivity index is 2.01. The highest BCUT2D eigenvalue weighted by molar-refractivity contribution is 7.99. The highest BCUT2D eigenvalue weighted by Gasteiger charge is 2.48. The van der Waals surface area contributed by atoms with Crippen LogP contribution in [0.1, 0.15) is 12.8 Å². The Morgan fingerprint density at radius 3 is 2.76 bits per heavy atom. The van der Waals surface area contributed by atoms with Gasteiger partial charge in [0.1, 0.15) is 5.54 Å². The smallest absolute Gasteiger partial charge is 0.327 e. The molecule has 1 unspecified atom stereocenters. The van der Waals surface area contributed by atoms with Crippen molar-refractivity contribution in [2.75, 3.05) is 12.9 Å². The normalized spacial score (nSPS) is 18.5. The minimum atomic E-state index is -0.845. The highest BCUT2D eigenvalue weighted by Crippen LogP contribution is 2.41. The molecule has 1 heterocycles. The van der Waals surface area contributed by atoms with Crippen LogP contribution in [0, 0.1) is 5.92 Å². The summed E-state index contributed by atoms with van der Waals surface area (Å²) in [6, 6.07) is 3.82. The maximum absolute atomic E-state index is 11.8. The largest absolute Gasteiger partial charge is 0.468 e. The van der Waals surface area contributed by atoms with Gasteiger partial charge in [-0.15, -0.1) is 11.8 Å². The minimum Gasteiger partial charge on any atom is -0.468 e. The van der Waals surface area contributed by atoms with E-state index in [2.05, 4.69) is 4.98 Å². The summed E-state index contributed by atoms with van der Waals surface area (Å²) in [6.07, 6.45) is 5.50. The van der Waals surface area contributed by atoms with Crippen molar-refractivity contribution < 1.29 is 9.53 Å². The Labute approximate surface area is 105 Å². The number of carbonyl (C=O) groups excluding carboxylic acids is 1. The third-order valence-corrected chi connectivity index (χ3v) is 4.23. The van der Waals surface area contributed by atoms with E-state index < -0.39 is 5.54 Å². The molecule has 5 heteroatoms. The van der Waals surface area contributed by atoms with Crippen LogP contribution in [0.4, 0.5) is 0 Å². The van der Waals surface area contributed by atoms with Gasteiger partial charge in [-0.2, -0.15) is 0 Å². The zero-order chi connectivity index (χ0) is 12.3. The molecule has 0 bridgehead atoms. The van der Waals surface area contributed by atoms with Gasteiger partial charge in [-0.25, -0.2) is 0 Å². The van der Waals surface area contributed by atoms with Crippen LogP contribution in [-0.4, -0.2) is 29.4 Å². The molecule has 0 aromatic carbocycles. The van der Waals surface area contributed by atoms with E-state index in [0.717, 1.165) is 17.7 Å². The summed E-state index contributed by atoms with van der Waals surface area (Å²) in [4.78, 5) is 16.8. The van der Waals surface area contributed by atoms with Crippen LogP contribution in [-0.2, 0) is 9.53 Å². The van der Waals surface area contributed by atoms with Crippen LogP contribution < -0.4 is 5.73 Å². The van der Waals surface area contributed by atoms with Crippen molar-refractivity contribution in [2.45, 2.75) is 23.3 Å². The van der Waals surface area contributed by atoms with Gasteiger partial charge >= 0.3 is 5.97 Å². The van der Waals surface area contributed by atoms with Crippen molar-refractivity contribution in [3.63, 3.8) is 0 Å². The number of hydrogen-bond acceptors (Lipinski definition) is 5. The fourth-order valence-corrected chi connectivity index (χ4v) is 2.84. The Morgan fingerprint density at radius 1 is 1.59 bits per heavy atom. The molecule has 0 radical (unpaired) electrons. The summed E-state index contributed by atoms with van der Waals surface area (Å²) in [5.74, 6) is 0.514. The molecule has 4 nitrogen and oxygen atoms in total. The molecule has 1 aliphatic rings. The predicted octanol–water partition coefficient (Wildman–Crippen LogP) is 1.45. The zero-order valence-electron chi connectivity index (χ0n) is 9.76. The minimum absolute atomic E-state index is 0.268. The first-order valence-corrected chi connectivity index (χ1v) is 6.55. The molecule has 0 amide bonds. The summed E-state index contributed by atoms with van der Waals surface area (Å²) in [5, 5.41) is 0. The number of esters is 1. The third kappa shape index (κ3) is 2.79. The molecule has 0 saturated heterocycles. The van der Waals surface area contributed by atoms with Crippen molar-refractivity contribution in [3.8, 4) is 0 Å². The average molecular weight is 252 g/mol. The first-order chi connectivity index (χ1) is 8.16. The summed E-state index contributed by atoms with van der Waals surface area (Å²) >= 11 is 1.57. The summed E-state index contributed by atoms with van der Waals surface area (Å²) in [7, 11) is 1.39. The zero-order valence-corrected chi connectivity index (χ0v) is 10.6. The maximum atomic E-state index is 11.8. The highest BCUT2D eigenvalue weighted by atomic mass is 32.2. The van der Waals surface area contributed by atoms with Gasteiger partial charge in [-0.05, 0) is 30.9 Å². The topological polar surface area (TPSA) is 65.2 Å². The van der Waals surface area contributed by atoms with Crippen LogP contribution in [0.25, 0.3) is 0 Å². The SMILES string of the molecule is COC(=O)C(N)(CSc1ccncc1)C1CC1. The van der Waals surface area contributed by atoms with Crippen LogP contribution in [0.2, 0.25) is 0 Å². The number of rotatable bonds is 5. The number of hydrogen-bond donors (Lipinski definition) is 1. The molecule has 0 spiro atoms. The summed E-state index contributed by atoms with van der Waals surface area (Å²) in [6.45, 7) is 0. The van der Waals surface area contributed by atoms with Gasteiger partial charge in [0.15, 0.2) is 0 Å². The second-order valence-electron chi connectivity index (χ2n) is 4.28. The van der Waals surface area contributed by atoms with E-state index >= 15 is 0 Å². The predicted molar refractivity (Wildman–Crippen MR) is 66.6 cm³/mol. The van der Waals surface area contributed by atoms with Gasteiger partial charge in [-0.1, -0.05) is 0 Å². The Hall–Kier alpha value is -1.07. The number of ether oxygens (including phenoxy) is 1. The van der Waals surface area contributed by atoms with Gasteiger partial charge < -0.3 is 10.5 Å². The van der Waals surface area contributed by atoms with Crippen LogP contribution in [0.15, 0.2) is 29.4 Å². The molecule has 2 N–H and O–H groups in total. The van der Waals surface area contributed by atoms with E-state index in [1.54, 1.807) is 24.2 Å². The molecule has 2 rings (SSSR count). The first kappa shape index (κ1) is 12.4. The third-order valence-electron chi connectivity index (χ3n) is 3.00. The Kier molecular flexibility index (Phi) is 3.69. The van der Waals surface area contributed by atoms with E-state index in [-0.39, 0.29) is 11.9 Å². The molecule has 17 heavy (non-hydrogen) atoms. The van der Waals surface area contributed by atoms with Gasteiger partial charge in [0.25, 0.3) is 0 Å². The lowest BCUT2D eigenvalue weighted by Crippen LogP contribution is -2.53. The second kappa shape index (κ2) is 5.06. The standard InChI is InChI=1S/C12H16N2O2S/c1-16-11(15)12(13,9-2-3-9)8-17-10-4-6-14-7-5-10/h4-7,9H,2-3,8,13H2,1H3. The average Bonchev–Trinajstić information content (AvgIpc) is 3.20.